The molecule has 3 aromatic rings. The van der Waals surface area contributed by atoms with Gasteiger partial charge in [0.1, 0.15) is 17.3 Å². The second kappa shape index (κ2) is 9.41. The lowest BCUT2D eigenvalue weighted by atomic mass is 10.0. The Hall–Kier alpha value is -3.38. The molecule has 1 saturated heterocycles. The number of nitrogens with zero attached hydrogens (tertiary/aromatic N) is 2. The number of carbonyl (C=O) groups excluding carboxylic acids is 1. The van der Waals surface area contributed by atoms with E-state index in [0.29, 0.717) is 12.2 Å². The Bertz CT molecular complexity index is 993. The monoisotopic (exact) mass is 402 g/mol. The molecule has 1 aliphatic rings. The summed E-state index contributed by atoms with van der Waals surface area (Å²) in [7, 11) is 1.63. The number of methoxy groups -OCH3 is 1. The number of amides is 1. The zero-order valence-electron chi connectivity index (χ0n) is 17.0. The molecule has 0 unspecified atom stereocenters. The third-order valence-electron chi connectivity index (χ3n) is 5.30. The number of pyridine rings is 1. The fourth-order valence-corrected chi connectivity index (χ4v) is 3.71. The van der Waals surface area contributed by atoms with Crippen molar-refractivity contribution in [2.24, 2.45) is 0 Å². The Balaban J connectivity index is 1.43. The third kappa shape index (κ3) is 4.60. The van der Waals surface area contributed by atoms with Gasteiger partial charge in [-0.3, -0.25) is 4.79 Å². The molecule has 0 spiro atoms. The first-order valence-electron chi connectivity index (χ1n) is 10.1. The van der Waals surface area contributed by atoms with Gasteiger partial charge in [0.2, 0.25) is 0 Å². The Kier molecular flexibility index (Phi) is 6.25. The van der Waals surface area contributed by atoms with Gasteiger partial charge in [-0.25, -0.2) is 4.98 Å². The van der Waals surface area contributed by atoms with Gasteiger partial charge in [-0.15, -0.1) is 0 Å². The maximum atomic E-state index is 12.7. The van der Waals surface area contributed by atoms with Crippen molar-refractivity contribution in [3.63, 3.8) is 0 Å². The predicted octanol–water partition coefficient (Wildman–Crippen LogP) is 3.17. The van der Waals surface area contributed by atoms with Crippen molar-refractivity contribution in [1.29, 1.82) is 0 Å². The molecule has 0 saturated carbocycles. The number of para-hydroxylation sites is 1. The van der Waals surface area contributed by atoms with Crippen molar-refractivity contribution in [3.8, 4) is 5.75 Å². The van der Waals surface area contributed by atoms with Crippen LogP contribution >= 0.6 is 0 Å². The maximum absolute atomic E-state index is 12.7. The van der Waals surface area contributed by atoms with Gasteiger partial charge in [0.15, 0.2) is 0 Å². The van der Waals surface area contributed by atoms with Crippen molar-refractivity contribution in [2.75, 3.05) is 31.6 Å². The Morgan fingerprint density at radius 3 is 2.73 bits per heavy atom. The van der Waals surface area contributed by atoms with Gasteiger partial charge in [0.25, 0.3) is 5.91 Å². The molecular weight excluding hydrogens is 376 g/mol. The van der Waals surface area contributed by atoms with Gasteiger partial charge in [-0.05, 0) is 23.8 Å². The number of piperazine rings is 1. The molecule has 0 radical (unpaired) electrons. The molecule has 4 rings (SSSR count). The van der Waals surface area contributed by atoms with Gasteiger partial charge in [0, 0.05) is 37.8 Å². The number of hydrogen-bond donors (Lipinski definition) is 2. The molecule has 2 N–H and O–H groups in total. The van der Waals surface area contributed by atoms with Crippen LogP contribution < -0.4 is 20.3 Å². The highest BCUT2D eigenvalue weighted by atomic mass is 16.5. The van der Waals surface area contributed by atoms with E-state index in [-0.39, 0.29) is 11.9 Å². The zero-order chi connectivity index (χ0) is 20.8. The average Bonchev–Trinajstić information content (AvgIpc) is 2.83. The van der Waals surface area contributed by atoms with Crippen molar-refractivity contribution >= 4 is 11.7 Å². The molecular formula is C24H26N4O2. The van der Waals surface area contributed by atoms with E-state index in [2.05, 4.69) is 44.8 Å². The van der Waals surface area contributed by atoms with Gasteiger partial charge < -0.3 is 20.3 Å². The molecule has 6 nitrogen and oxygen atoms in total. The fourth-order valence-electron chi connectivity index (χ4n) is 3.71. The van der Waals surface area contributed by atoms with Crippen molar-refractivity contribution in [3.05, 3.63) is 89.6 Å². The van der Waals surface area contributed by atoms with E-state index in [1.165, 1.54) is 5.56 Å². The van der Waals surface area contributed by atoms with Crippen LogP contribution in [-0.4, -0.2) is 37.6 Å². The largest absolute Gasteiger partial charge is 0.496 e. The molecule has 0 aliphatic carbocycles. The molecule has 1 atom stereocenters. The molecule has 2 aromatic carbocycles. The van der Waals surface area contributed by atoms with E-state index in [1.807, 2.05) is 42.5 Å². The predicted molar refractivity (Wildman–Crippen MR) is 118 cm³/mol. The maximum Gasteiger partial charge on any atom is 0.270 e. The molecule has 2 heterocycles. The minimum Gasteiger partial charge on any atom is -0.496 e. The number of aromatic nitrogens is 1. The highest BCUT2D eigenvalue weighted by molar-refractivity contribution is 5.92. The van der Waals surface area contributed by atoms with Crippen LogP contribution in [-0.2, 0) is 6.54 Å². The van der Waals surface area contributed by atoms with Crippen molar-refractivity contribution in [1.82, 2.24) is 15.6 Å². The lowest BCUT2D eigenvalue weighted by Crippen LogP contribution is -2.46. The zero-order valence-corrected chi connectivity index (χ0v) is 17.0. The molecule has 1 fully saturated rings. The number of carbonyl (C=O) groups is 1. The summed E-state index contributed by atoms with van der Waals surface area (Å²) >= 11 is 0. The molecule has 30 heavy (non-hydrogen) atoms. The first-order valence-corrected chi connectivity index (χ1v) is 10.1. The van der Waals surface area contributed by atoms with Crippen molar-refractivity contribution in [2.45, 2.75) is 12.6 Å². The van der Waals surface area contributed by atoms with Crippen LogP contribution in [0.15, 0.2) is 72.8 Å². The summed E-state index contributed by atoms with van der Waals surface area (Å²) in [5.74, 6) is 1.38. The Morgan fingerprint density at radius 2 is 1.90 bits per heavy atom. The van der Waals surface area contributed by atoms with Crippen LogP contribution in [0, 0.1) is 0 Å². The van der Waals surface area contributed by atoms with Gasteiger partial charge >= 0.3 is 0 Å². The summed E-state index contributed by atoms with van der Waals surface area (Å²) in [6.45, 7) is 2.91. The van der Waals surface area contributed by atoms with E-state index < -0.39 is 0 Å². The lowest BCUT2D eigenvalue weighted by Gasteiger charge is -2.35. The number of benzene rings is 2. The van der Waals surface area contributed by atoms with Crippen molar-refractivity contribution < 1.29 is 9.53 Å². The van der Waals surface area contributed by atoms with Gasteiger partial charge in [0.05, 0.1) is 7.11 Å². The van der Waals surface area contributed by atoms with Crippen LogP contribution in [0.3, 0.4) is 0 Å². The van der Waals surface area contributed by atoms with Crippen LogP contribution in [0.5, 0.6) is 5.75 Å². The molecule has 6 heteroatoms. The SMILES string of the molecule is COc1ccccc1CNC(=O)c1cccc(N2CCN[C@@H](c3ccccc3)C2)n1. The summed E-state index contributed by atoms with van der Waals surface area (Å²) in [5, 5.41) is 6.50. The quantitative estimate of drug-likeness (QED) is 0.663. The van der Waals surface area contributed by atoms with E-state index in [9.17, 15) is 4.79 Å². The van der Waals surface area contributed by atoms with E-state index >= 15 is 0 Å². The number of nitrogens with one attached hydrogen (secondary N) is 2. The van der Waals surface area contributed by atoms with Crippen LogP contribution in [0.25, 0.3) is 0 Å². The van der Waals surface area contributed by atoms with Gasteiger partial charge in [-0.2, -0.15) is 0 Å². The summed E-state index contributed by atoms with van der Waals surface area (Å²) in [6, 6.07) is 23.9. The van der Waals surface area contributed by atoms with Crippen LogP contribution in [0.1, 0.15) is 27.7 Å². The molecule has 1 amide bonds. The molecule has 1 aromatic heterocycles. The fraction of sp³-hybridized carbons (Fsp3) is 0.250. The van der Waals surface area contributed by atoms with Crippen LogP contribution in [0.2, 0.25) is 0 Å². The summed E-state index contributed by atoms with van der Waals surface area (Å²) in [6.07, 6.45) is 0. The number of hydrogen-bond acceptors (Lipinski definition) is 5. The first-order chi connectivity index (χ1) is 14.7. The second-order valence-electron chi connectivity index (χ2n) is 7.24. The molecule has 1 aliphatic heterocycles. The Labute approximate surface area is 176 Å². The topological polar surface area (TPSA) is 66.5 Å². The van der Waals surface area contributed by atoms with E-state index in [1.54, 1.807) is 13.2 Å². The second-order valence-corrected chi connectivity index (χ2v) is 7.24. The molecule has 0 bridgehead atoms. The van der Waals surface area contributed by atoms with Crippen LogP contribution in [0.4, 0.5) is 5.82 Å². The average molecular weight is 402 g/mol. The van der Waals surface area contributed by atoms with E-state index in [4.69, 9.17) is 4.74 Å². The number of rotatable bonds is 6. The minimum absolute atomic E-state index is 0.197. The van der Waals surface area contributed by atoms with E-state index in [0.717, 1.165) is 36.8 Å². The Morgan fingerprint density at radius 1 is 1.10 bits per heavy atom. The highest BCUT2D eigenvalue weighted by Gasteiger charge is 2.22. The minimum atomic E-state index is -0.197. The third-order valence-corrected chi connectivity index (χ3v) is 5.30. The summed E-state index contributed by atoms with van der Waals surface area (Å²) < 4.78 is 5.35. The van der Waals surface area contributed by atoms with Gasteiger partial charge in [-0.1, -0.05) is 54.6 Å². The molecule has 154 valence electrons. The standard InChI is InChI=1S/C24H26N4O2/c1-30-22-12-6-5-10-19(22)16-26-24(29)20-11-7-13-23(27-20)28-15-14-25-21(17-28)18-8-3-2-4-9-18/h2-13,21,25H,14-17H2,1H3,(H,26,29)/t21-/m1/s1. The summed E-state index contributed by atoms with van der Waals surface area (Å²) in [5.41, 5.74) is 2.60. The highest BCUT2D eigenvalue weighted by Crippen LogP contribution is 2.21. The first kappa shape index (κ1) is 19.9. The number of ether oxygens (including phenoxy) is 1. The number of anilines is 1. The normalized spacial score (nSPS) is 16.2. The smallest absolute Gasteiger partial charge is 0.270 e. The summed E-state index contributed by atoms with van der Waals surface area (Å²) in [4.78, 5) is 19.6. The lowest BCUT2D eigenvalue weighted by molar-refractivity contribution is 0.0945.